The summed E-state index contributed by atoms with van der Waals surface area (Å²) in [6.07, 6.45) is 4.59. The van der Waals surface area contributed by atoms with E-state index in [0.29, 0.717) is 19.4 Å². The van der Waals surface area contributed by atoms with Crippen LogP contribution in [0.3, 0.4) is 0 Å². The van der Waals surface area contributed by atoms with E-state index in [1.807, 2.05) is 97.1 Å². The Labute approximate surface area is 294 Å². The quantitative estimate of drug-likeness (QED) is 0.210. The first-order chi connectivity index (χ1) is 22.6. The fourth-order valence-corrected chi connectivity index (χ4v) is 7.86. The standard InChI is InChI=1S/C37H63N5O5S/c1-12-37(6,42-20-16-19-29(42)30(48-11)22-32(44)38-23-27-17-14-13-15-18-27)31(43)21-28(47-10)24-41(9)36(46)33(25(2)3)39-35(45)34(26(4)5)40(7)8/h13-15,17-18,25-26,28-30,33-34H,12,16,19-24H2,1-11H3,(H,38,44)(H,39,45). The normalized spacial score (nSPS) is 19.1. The number of nitrogens with zero attached hydrogens (tertiary/aromatic N) is 3. The van der Waals surface area contributed by atoms with Crippen molar-refractivity contribution in [3.05, 3.63) is 35.9 Å². The van der Waals surface area contributed by atoms with Crippen molar-refractivity contribution in [2.45, 2.75) is 115 Å². The number of rotatable bonds is 20. The second kappa shape index (κ2) is 19.6. The maximum absolute atomic E-state index is 14.2. The van der Waals surface area contributed by atoms with E-state index >= 15 is 0 Å². The van der Waals surface area contributed by atoms with Gasteiger partial charge in [-0.1, -0.05) is 65.0 Å². The number of likely N-dealkylation sites (N-methyl/N-ethyl adjacent to an activating group) is 2. The van der Waals surface area contributed by atoms with Gasteiger partial charge in [-0.15, -0.1) is 0 Å². The highest BCUT2D eigenvalue weighted by Gasteiger charge is 2.46. The minimum atomic E-state index is -0.735. The lowest BCUT2D eigenvalue weighted by atomic mass is 9.86. The molecule has 0 saturated carbocycles. The molecule has 0 spiro atoms. The van der Waals surface area contributed by atoms with Crippen LogP contribution in [0, 0.1) is 11.8 Å². The average Bonchev–Trinajstić information content (AvgIpc) is 3.54. The number of thioether (sulfide) groups is 1. The number of Topliss-reactive ketones (excluding diaryl/α,β-unsaturated/α-hetero) is 1. The molecule has 1 aromatic rings. The van der Waals surface area contributed by atoms with Crippen LogP contribution in [0.2, 0.25) is 0 Å². The molecule has 2 rings (SSSR count). The molecule has 1 aliphatic heterocycles. The molecule has 11 heteroatoms. The molecule has 2 N–H and O–H groups in total. The zero-order valence-corrected chi connectivity index (χ0v) is 32.2. The Kier molecular flexibility index (Phi) is 17.1. The van der Waals surface area contributed by atoms with Gasteiger partial charge in [0.25, 0.3) is 0 Å². The lowest BCUT2D eigenvalue weighted by molar-refractivity contribution is -0.141. The Bertz CT molecular complexity index is 1170. The van der Waals surface area contributed by atoms with Crippen LogP contribution in [0.25, 0.3) is 0 Å². The highest BCUT2D eigenvalue weighted by molar-refractivity contribution is 7.99. The van der Waals surface area contributed by atoms with Gasteiger partial charge in [0, 0.05) is 51.4 Å². The van der Waals surface area contributed by atoms with Crippen molar-refractivity contribution in [2.75, 3.05) is 47.6 Å². The van der Waals surface area contributed by atoms with Crippen LogP contribution in [0.5, 0.6) is 0 Å². The molecule has 3 amide bonds. The average molecular weight is 690 g/mol. The van der Waals surface area contributed by atoms with Crippen molar-refractivity contribution in [3.8, 4) is 0 Å². The molecule has 1 aromatic carbocycles. The number of ketones is 1. The third-order valence-electron chi connectivity index (χ3n) is 9.96. The number of carbonyl (C=O) groups excluding carboxylic acids is 4. The summed E-state index contributed by atoms with van der Waals surface area (Å²) in [6, 6.07) is 8.92. The highest BCUT2D eigenvalue weighted by atomic mass is 32.2. The van der Waals surface area contributed by atoms with Crippen LogP contribution in [0.15, 0.2) is 30.3 Å². The second-order valence-electron chi connectivity index (χ2n) is 14.4. The first-order valence-corrected chi connectivity index (χ1v) is 18.8. The van der Waals surface area contributed by atoms with Gasteiger partial charge in [-0.2, -0.15) is 11.8 Å². The first-order valence-electron chi connectivity index (χ1n) is 17.5. The monoisotopic (exact) mass is 689 g/mol. The van der Waals surface area contributed by atoms with Crippen molar-refractivity contribution in [3.63, 3.8) is 0 Å². The smallest absolute Gasteiger partial charge is 0.245 e. The minimum Gasteiger partial charge on any atom is -0.379 e. The van der Waals surface area contributed by atoms with Gasteiger partial charge in [-0.05, 0) is 70.5 Å². The topological polar surface area (TPSA) is 111 Å². The summed E-state index contributed by atoms with van der Waals surface area (Å²) in [6.45, 7) is 13.4. The summed E-state index contributed by atoms with van der Waals surface area (Å²) in [7, 11) is 7.00. The molecule has 10 nitrogen and oxygen atoms in total. The molecular formula is C37H63N5O5S. The Morgan fingerprint density at radius 2 is 1.69 bits per heavy atom. The predicted octanol–water partition coefficient (Wildman–Crippen LogP) is 4.22. The largest absolute Gasteiger partial charge is 0.379 e. The van der Waals surface area contributed by atoms with Crippen LogP contribution in [-0.2, 0) is 30.5 Å². The molecule has 0 bridgehead atoms. The second-order valence-corrected chi connectivity index (χ2v) is 15.4. The molecule has 0 aromatic heterocycles. The van der Waals surface area contributed by atoms with Crippen LogP contribution in [0.4, 0.5) is 0 Å². The summed E-state index contributed by atoms with van der Waals surface area (Å²) in [5.41, 5.74) is 0.327. The Balaban J connectivity index is 2.11. The van der Waals surface area contributed by atoms with E-state index in [0.717, 1.165) is 24.9 Å². The Hall–Kier alpha value is -2.47. The van der Waals surface area contributed by atoms with Gasteiger partial charge in [0.15, 0.2) is 5.78 Å². The number of ether oxygens (including phenoxy) is 1. The lowest BCUT2D eigenvalue weighted by Crippen LogP contribution is -2.58. The summed E-state index contributed by atoms with van der Waals surface area (Å²) in [5.74, 6) is -0.348. The number of amides is 3. The van der Waals surface area contributed by atoms with Gasteiger partial charge in [0.05, 0.1) is 17.7 Å². The summed E-state index contributed by atoms with van der Waals surface area (Å²) < 4.78 is 5.79. The molecule has 1 heterocycles. The van der Waals surface area contributed by atoms with E-state index in [9.17, 15) is 19.2 Å². The van der Waals surface area contributed by atoms with Gasteiger partial charge in [0.2, 0.25) is 17.7 Å². The number of likely N-dealkylation sites (tertiary alicyclic amines) is 1. The maximum Gasteiger partial charge on any atom is 0.245 e. The molecular weight excluding hydrogens is 627 g/mol. The van der Waals surface area contributed by atoms with E-state index in [2.05, 4.69) is 15.5 Å². The first kappa shape index (κ1) is 41.7. The van der Waals surface area contributed by atoms with Crippen molar-refractivity contribution in [1.82, 2.24) is 25.3 Å². The Morgan fingerprint density at radius 1 is 1.04 bits per heavy atom. The van der Waals surface area contributed by atoms with E-state index in [4.69, 9.17) is 4.74 Å². The molecule has 6 atom stereocenters. The highest BCUT2D eigenvalue weighted by Crippen LogP contribution is 2.37. The number of benzene rings is 1. The van der Waals surface area contributed by atoms with Crippen molar-refractivity contribution in [2.24, 2.45) is 11.8 Å². The number of carbonyl (C=O) groups is 4. The Morgan fingerprint density at radius 3 is 2.21 bits per heavy atom. The van der Waals surface area contributed by atoms with E-state index < -0.39 is 17.7 Å². The molecule has 1 aliphatic rings. The van der Waals surface area contributed by atoms with Crippen LogP contribution < -0.4 is 10.6 Å². The molecule has 48 heavy (non-hydrogen) atoms. The number of nitrogens with one attached hydrogen (secondary N) is 2. The lowest BCUT2D eigenvalue weighted by Gasteiger charge is -2.43. The summed E-state index contributed by atoms with van der Waals surface area (Å²) >= 11 is 1.69. The SMILES string of the molecule is CCC(C)(C(=O)CC(CN(C)C(=O)C(NC(=O)C(C(C)C)N(C)C)C(C)C)OC)N1CCCC1C(CC(=O)NCc1ccccc1)SC. The fraction of sp³-hybridized carbons (Fsp3) is 0.730. The third kappa shape index (κ3) is 11.3. The molecule has 1 fully saturated rings. The zero-order chi connectivity index (χ0) is 36.2. The molecule has 6 unspecified atom stereocenters. The number of hydrogen-bond donors (Lipinski definition) is 2. The third-order valence-corrected chi connectivity index (χ3v) is 11.0. The maximum atomic E-state index is 14.2. The van der Waals surface area contributed by atoms with Crippen LogP contribution >= 0.6 is 11.8 Å². The van der Waals surface area contributed by atoms with Crippen molar-refractivity contribution in [1.29, 1.82) is 0 Å². The van der Waals surface area contributed by atoms with Gasteiger partial charge < -0.3 is 20.3 Å². The fourth-order valence-electron chi connectivity index (χ4n) is 6.95. The molecule has 0 radical (unpaired) electrons. The number of methoxy groups -OCH3 is 1. The summed E-state index contributed by atoms with van der Waals surface area (Å²) in [4.78, 5) is 59.8. The zero-order valence-electron chi connectivity index (χ0n) is 31.4. The van der Waals surface area contributed by atoms with Gasteiger partial charge >= 0.3 is 0 Å². The van der Waals surface area contributed by atoms with Gasteiger partial charge in [-0.25, -0.2) is 0 Å². The minimum absolute atomic E-state index is 0.0130. The van der Waals surface area contributed by atoms with E-state index in [1.165, 1.54) is 0 Å². The summed E-state index contributed by atoms with van der Waals surface area (Å²) in [5, 5.41) is 6.11. The van der Waals surface area contributed by atoms with E-state index in [1.54, 1.807) is 30.8 Å². The number of hydrogen-bond acceptors (Lipinski definition) is 8. The molecule has 1 saturated heterocycles. The predicted molar refractivity (Wildman–Crippen MR) is 196 cm³/mol. The molecule has 0 aliphatic carbocycles. The van der Waals surface area contributed by atoms with Gasteiger partial charge in [0.1, 0.15) is 6.04 Å². The van der Waals surface area contributed by atoms with Gasteiger partial charge in [-0.3, -0.25) is 29.0 Å². The van der Waals surface area contributed by atoms with Crippen molar-refractivity contribution >= 4 is 35.3 Å². The van der Waals surface area contributed by atoms with Crippen molar-refractivity contribution < 1.29 is 23.9 Å². The van der Waals surface area contributed by atoms with E-state index in [-0.39, 0.29) is 65.6 Å². The van der Waals surface area contributed by atoms with Crippen LogP contribution in [-0.4, -0.2) is 121 Å². The van der Waals surface area contributed by atoms with Crippen LogP contribution in [0.1, 0.15) is 79.2 Å². The molecule has 272 valence electrons.